The van der Waals surface area contributed by atoms with Crippen LogP contribution in [0.4, 0.5) is 0 Å². The van der Waals surface area contributed by atoms with Gasteiger partial charge in [0.05, 0.1) is 0 Å². The van der Waals surface area contributed by atoms with Crippen molar-refractivity contribution in [2.75, 3.05) is 0 Å². The summed E-state index contributed by atoms with van der Waals surface area (Å²) in [5, 5.41) is 0. The van der Waals surface area contributed by atoms with Crippen molar-refractivity contribution < 1.29 is 4.79 Å². The largest absolute Gasteiger partial charge is 0.292 e. The summed E-state index contributed by atoms with van der Waals surface area (Å²) in [6, 6.07) is 9.62. The minimum absolute atomic E-state index is 0.0272. The van der Waals surface area contributed by atoms with Crippen LogP contribution >= 0.6 is 0 Å². The highest BCUT2D eigenvalue weighted by Crippen LogP contribution is 2.07. The minimum atomic E-state index is 0.0272. The van der Waals surface area contributed by atoms with E-state index in [0.717, 1.165) is 5.56 Å². The van der Waals surface area contributed by atoms with Crippen molar-refractivity contribution in [1.29, 1.82) is 0 Å². The van der Waals surface area contributed by atoms with Gasteiger partial charge < -0.3 is 0 Å². The average molecular weight is 226 g/mol. The van der Waals surface area contributed by atoms with Crippen LogP contribution in [0.5, 0.6) is 0 Å². The predicted octanol–water partition coefficient (Wildman–Crippen LogP) is 2.52. The van der Waals surface area contributed by atoms with E-state index in [4.69, 9.17) is 0 Å². The van der Waals surface area contributed by atoms with E-state index in [1.807, 2.05) is 31.2 Å². The Morgan fingerprint density at radius 1 is 1.12 bits per heavy atom. The van der Waals surface area contributed by atoms with Crippen LogP contribution in [-0.4, -0.2) is 15.8 Å². The fourth-order valence-electron chi connectivity index (χ4n) is 1.59. The molecule has 0 fully saturated rings. The van der Waals surface area contributed by atoms with E-state index >= 15 is 0 Å². The first-order valence-electron chi connectivity index (χ1n) is 5.53. The molecule has 0 atom stereocenters. The first kappa shape index (κ1) is 11.5. The number of hydrogen-bond acceptors (Lipinski definition) is 3. The molecule has 2 rings (SSSR count). The van der Waals surface area contributed by atoms with Crippen LogP contribution in [0.2, 0.25) is 0 Å². The molecule has 0 aliphatic rings. The molecule has 17 heavy (non-hydrogen) atoms. The Kier molecular flexibility index (Phi) is 3.28. The summed E-state index contributed by atoms with van der Waals surface area (Å²) in [5.74, 6) is 0.652. The van der Waals surface area contributed by atoms with Gasteiger partial charge in [0.15, 0.2) is 5.78 Å². The van der Waals surface area contributed by atoms with Crippen molar-refractivity contribution in [2.24, 2.45) is 0 Å². The molecule has 0 spiro atoms. The molecule has 0 amide bonds. The number of ketones is 1. The number of nitrogens with zero attached hydrogens (tertiary/aromatic N) is 2. The molecule has 1 heterocycles. The van der Waals surface area contributed by atoms with Crippen LogP contribution < -0.4 is 0 Å². The molecule has 0 unspecified atom stereocenters. The summed E-state index contributed by atoms with van der Waals surface area (Å²) >= 11 is 0. The molecule has 2 aromatic rings. The van der Waals surface area contributed by atoms with Gasteiger partial charge in [-0.05, 0) is 25.5 Å². The zero-order valence-electron chi connectivity index (χ0n) is 9.97. The highest BCUT2D eigenvalue weighted by atomic mass is 16.1. The summed E-state index contributed by atoms with van der Waals surface area (Å²) in [7, 11) is 0. The number of carbonyl (C=O) groups excluding carboxylic acids is 1. The molecule has 0 saturated heterocycles. The van der Waals surface area contributed by atoms with Crippen LogP contribution in [0.25, 0.3) is 0 Å². The SMILES string of the molecule is Cc1ccc(CC(=O)c2ccnc(C)n2)cc1. The topological polar surface area (TPSA) is 42.9 Å². The first-order valence-corrected chi connectivity index (χ1v) is 5.53. The van der Waals surface area contributed by atoms with Gasteiger partial charge in [-0.3, -0.25) is 4.79 Å². The third-order valence-electron chi connectivity index (χ3n) is 2.55. The molecule has 0 aliphatic carbocycles. The summed E-state index contributed by atoms with van der Waals surface area (Å²) in [6.45, 7) is 3.81. The fourth-order valence-corrected chi connectivity index (χ4v) is 1.59. The lowest BCUT2D eigenvalue weighted by atomic mass is 10.1. The Hall–Kier alpha value is -2.03. The van der Waals surface area contributed by atoms with E-state index in [1.165, 1.54) is 5.56 Å². The molecule has 0 bridgehead atoms. The molecule has 3 heteroatoms. The molecule has 0 radical (unpaired) electrons. The number of rotatable bonds is 3. The van der Waals surface area contributed by atoms with E-state index in [0.29, 0.717) is 17.9 Å². The van der Waals surface area contributed by atoms with Gasteiger partial charge in [-0.25, -0.2) is 9.97 Å². The standard InChI is InChI=1S/C14H14N2O/c1-10-3-5-12(6-4-10)9-14(17)13-7-8-15-11(2)16-13/h3-8H,9H2,1-2H3. The van der Waals surface area contributed by atoms with Gasteiger partial charge in [-0.15, -0.1) is 0 Å². The van der Waals surface area contributed by atoms with Gasteiger partial charge in [-0.1, -0.05) is 29.8 Å². The molecule has 1 aromatic heterocycles. The van der Waals surface area contributed by atoms with Crippen molar-refractivity contribution in [3.8, 4) is 0 Å². The summed E-state index contributed by atoms with van der Waals surface area (Å²) in [6.07, 6.45) is 2.00. The Morgan fingerprint density at radius 3 is 2.47 bits per heavy atom. The van der Waals surface area contributed by atoms with E-state index in [1.54, 1.807) is 19.2 Å². The van der Waals surface area contributed by atoms with Crippen molar-refractivity contribution in [3.63, 3.8) is 0 Å². The lowest BCUT2D eigenvalue weighted by Crippen LogP contribution is -2.07. The Labute approximate surface area is 101 Å². The summed E-state index contributed by atoms with van der Waals surface area (Å²) in [4.78, 5) is 20.1. The molecule has 86 valence electrons. The van der Waals surface area contributed by atoms with E-state index in [9.17, 15) is 4.79 Å². The van der Waals surface area contributed by atoms with Crippen LogP contribution in [0.15, 0.2) is 36.5 Å². The molecule has 1 aromatic carbocycles. The number of Topliss-reactive ketones (excluding diaryl/α,β-unsaturated/α-hetero) is 1. The van der Waals surface area contributed by atoms with Gasteiger partial charge >= 0.3 is 0 Å². The maximum Gasteiger partial charge on any atom is 0.185 e. The van der Waals surface area contributed by atoms with Gasteiger partial charge in [0.2, 0.25) is 0 Å². The van der Waals surface area contributed by atoms with E-state index in [-0.39, 0.29) is 5.78 Å². The lowest BCUT2D eigenvalue weighted by Gasteiger charge is -2.02. The van der Waals surface area contributed by atoms with Gasteiger partial charge in [-0.2, -0.15) is 0 Å². The molecular weight excluding hydrogens is 212 g/mol. The smallest absolute Gasteiger partial charge is 0.185 e. The molecule has 0 aliphatic heterocycles. The van der Waals surface area contributed by atoms with Gasteiger partial charge in [0.25, 0.3) is 0 Å². The second-order valence-corrected chi connectivity index (χ2v) is 4.07. The van der Waals surface area contributed by atoms with E-state index < -0.39 is 0 Å². The monoisotopic (exact) mass is 226 g/mol. The van der Waals surface area contributed by atoms with Crippen LogP contribution in [0.1, 0.15) is 27.4 Å². The maximum atomic E-state index is 12.0. The molecular formula is C14H14N2O. The minimum Gasteiger partial charge on any atom is -0.292 e. The second-order valence-electron chi connectivity index (χ2n) is 4.07. The maximum absolute atomic E-state index is 12.0. The predicted molar refractivity (Wildman–Crippen MR) is 66.0 cm³/mol. The highest BCUT2D eigenvalue weighted by molar-refractivity contribution is 5.95. The van der Waals surface area contributed by atoms with Crippen LogP contribution in [0.3, 0.4) is 0 Å². The fraction of sp³-hybridized carbons (Fsp3) is 0.214. The first-order chi connectivity index (χ1) is 8.15. The average Bonchev–Trinajstić information content (AvgIpc) is 2.32. The number of carbonyl (C=O) groups is 1. The van der Waals surface area contributed by atoms with Crippen molar-refractivity contribution >= 4 is 5.78 Å². The Morgan fingerprint density at radius 2 is 1.82 bits per heavy atom. The van der Waals surface area contributed by atoms with Crippen molar-refractivity contribution in [1.82, 2.24) is 9.97 Å². The third-order valence-corrected chi connectivity index (χ3v) is 2.55. The third kappa shape index (κ3) is 2.97. The van der Waals surface area contributed by atoms with Crippen LogP contribution in [0, 0.1) is 13.8 Å². The van der Waals surface area contributed by atoms with Crippen LogP contribution in [-0.2, 0) is 6.42 Å². The Bertz CT molecular complexity index is 532. The normalized spacial score (nSPS) is 10.2. The zero-order chi connectivity index (χ0) is 12.3. The summed E-state index contributed by atoms with van der Waals surface area (Å²) < 4.78 is 0. The summed E-state index contributed by atoms with van der Waals surface area (Å²) in [5.41, 5.74) is 2.69. The number of aryl methyl sites for hydroxylation is 2. The van der Waals surface area contributed by atoms with Crippen molar-refractivity contribution in [3.05, 3.63) is 59.2 Å². The van der Waals surface area contributed by atoms with Gasteiger partial charge in [0.1, 0.15) is 11.5 Å². The molecule has 0 saturated carbocycles. The zero-order valence-corrected chi connectivity index (χ0v) is 9.97. The number of aromatic nitrogens is 2. The quantitative estimate of drug-likeness (QED) is 0.755. The Balaban J connectivity index is 2.14. The van der Waals surface area contributed by atoms with Gasteiger partial charge in [0, 0.05) is 12.6 Å². The van der Waals surface area contributed by atoms with E-state index in [2.05, 4.69) is 9.97 Å². The molecule has 3 nitrogen and oxygen atoms in total. The van der Waals surface area contributed by atoms with Crippen molar-refractivity contribution in [2.45, 2.75) is 20.3 Å². The molecule has 0 N–H and O–H groups in total. The second kappa shape index (κ2) is 4.87. The number of hydrogen-bond donors (Lipinski definition) is 0. The highest BCUT2D eigenvalue weighted by Gasteiger charge is 2.08. The lowest BCUT2D eigenvalue weighted by molar-refractivity contribution is 0.0988. The number of benzene rings is 1.